The minimum absolute atomic E-state index is 0.147. The quantitative estimate of drug-likeness (QED) is 0.804. The largest absolute Gasteiger partial charge is 0.626 e. The zero-order valence-corrected chi connectivity index (χ0v) is 9.87. The fourth-order valence-corrected chi connectivity index (χ4v) is 1.66. The molecular weight excluding hydrogens is 228 g/mol. The van der Waals surface area contributed by atoms with E-state index in [0.717, 1.165) is 11.1 Å². The van der Waals surface area contributed by atoms with Crippen LogP contribution in [0.3, 0.4) is 0 Å². The first-order valence-electron chi connectivity index (χ1n) is 5.74. The summed E-state index contributed by atoms with van der Waals surface area (Å²) >= 11 is 0. The Morgan fingerprint density at radius 2 is 1.72 bits per heavy atom. The summed E-state index contributed by atoms with van der Waals surface area (Å²) in [5.41, 5.74) is 1.68. The molecule has 4 nitrogen and oxygen atoms in total. The number of hydroxylamine groups is 2. The van der Waals surface area contributed by atoms with E-state index in [9.17, 15) is 10.0 Å². The zero-order valence-electron chi connectivity index (χ0n) is 9.87. The van der Waals surface area contributed by atoms with Crippen LogP contribution in [0.15, 0.2) is 54.9 Å². The van der Waals surface area contributed by atoms with Crippen molar-refractivity contribution >= 4 is 5.91 Å². The van der Waals surface area contributed by atoms with Crippen LogP contribution < -0.4 is 5.06 Å². The van der Waals surface area contributed by atoms with Crippen molar-refractivity contribution in [2.24, 2.45) is 0 Å². The van der Waals surface area contributed by atoms with E-state index in [2.05, 4.69) is 4.98 Å². The van der Waals surface area contributed by atoms with Gasteiger partial charge in [-0.15, -0.1) is 0 Å². The number of carbonyl (C=O) groups excluding carboxylic acids is 1. The lowest BCUT2D eigenvalue weighted by Crippen LogP contribution is -3.09. The number of amides is 1. The van der Waals surface area contributed by atoms with Crippen LogP contribution in [-0.4, -0.2) is 10.9 Å². The first-order valence-corrected chi connectivity index (χ1v) is 5.74. The predicted molar refractivity (Wildman–Crippen MR) is 67.4 cm³/mol. The summed E-state index contributed by atoms with van der Waals surface area (Å²) in [7, 11) is 0. The fraction of sp³-hybridized carbons (Fsp3) is 0.143. The highest BCUT2D eigenvalue weighted by Gasteiger charge is 2.12. The van der Waals surface area contributed by atoms with Crippen LogP contribution in [0, 0.1) is 5.21 Å². The first kappa shape index (κ1) is 12.4. The van der Waals surface area contributed by atoms with Crippen LogP contribution in [-0.2, 0) is 17.8 Å². The van der Waals surface area contributed by atoms with Crippen LogP contribution in [0.25, 0.3) is 0 Å². The molecule has 1 unspecified atom stereocenters. The van der Waals surface area contributed by atoms with Crippen LogP contribution in [0.4, 0.5) is 0 Å². The van der Waals surface area contributed by atoms with E-state index in [1.165, 1.54) is 0 Å². The second kappa shape index (κ2) is 6.05. The summed E-state index contributed by atoms with van der Waals surface area (Å²) in [6.45, 7) is 0.147. The predicted octanol–water partition coefficient (Wildman–Crippen LogP) is 0.734. The Labute approximate surface area is 105 Å². The number of benzene rings is 1. The SMILES string of the molecule is O=C(Cc1ccccc1)[NH+]([O-])Cc1ccncc1. The molecule has 18 heavy (non-hydrogen) atoms. The van der Waals surface area contributed by atoms with Gasteiger partial charge < -0.3 is 10.3 Å². The van der Waals surface area contributed by atoms with E-state index in [1.807, 2.05) is 30.3 Å². The van der Waals surface area contributed by atoms with E-state index in [-0.39, 0.29) is 23.9 Å². The van der Waals surface area contributed by atoms with Gasteiger partial charge in [0.15, 0.2) is 0 Å². The Balaban J connectivity index is 1.93. The Hall–Kier alpha value is -2.04. The molecule has 0 radical (unpaired) electrons. The number of quaternary nitrogens is 1. The lowest BCUT2D eigenvalue weighted by Gasteiger charge is -2.19. The second-order valence-corrected chi connectivity index (χ2v) is 4.04. The van der Waals surface area contributed by atoms with Gasteiger partial charge in [0, 0.05) is 18.0 Å². The lowest BCUT2D eigenvalue weighted by molar-refractivity contribution is -0.780. The Morgan fingerprint density at radius 3 is 2.39 bits per heavy atom. The molecule has 1 aromatic carbocycles. The Morgan fingerprint density at radius 1 is 1.06 bits per heavy atom. The molecule has 0 saturated heterocycles. The van der Waals surface area contributed by atoms with Gasteiger partial charge >= 0.3 is 5.91 Å². The normalized spacial score (nSPS) is 12.1. The van der Waals surface area contributed by atoms with E-state index in [1.54, 1.807) is 24.5 Å². The topological polar surface area (TPSA) is 57.5 Å². The minimum atomic E-state index is -0.356. The molecule has 0 bridgehead atoms. The van der Waals surface area contributed by atoms with Crippen molar-refractivity contribution in [3.05, 3.63) is 71.2 Å². The number of carbonyl (C=O) groups is 1. The highest BCUT2D eigenvalue weighted by molar-refractivity contribution is 5.70. The summed E-state index contributed by atoms with van der Waals surface area (Å²) < 4.78 is 0. The molecule has 0 aliphatic rings. The van der Waals surface area contributed by atoms with Gasteiger partial charge in [-0.2, -0.15) is 0 Å². The van der Waals surface area contributed by atoms with Crippen LogP contribution in [0.1, 0.15) is 11.1 Å². The molecule has 0 fully saturated rings. The van der Waals surface area contributed by atoms with Crippen LogP contribution in [0.5, 0.6) is 0 Å². The average molecular weight is 242 g/mol. The maximum Gasteiger partial charge on any atom is 0.316 e. The first-order chi connectivity index (χ1) is 8.75. The van der Waals surface area contributed by atoms with Gasteiger partial charge in [0.2, 0.25) is 0 Å². The molecule has 0 aliphatic heterocycles. The van der Waals surface area contributed by atoms with Gasteiger partial charge in [0.25, 0.3) is 0 Å². The monoisotopic (exact) mass is 242 g/mol. The van der Waals surface area contributed by atoms with Gasteiger partial charge in [-0.3, -0.25) is 4.98 Å². The van der Waals surface area contributed by atoms with E-state index in [4.69, 9.17) is 0 Å². The average Bonchev–Trinajstić information content (AvgIpc) is 2.41. The molecule has 0 saturated carbocycles. The van der Waals surface area contributed by atoms with Crippen molar-refractivity contribution in [1.29, 1.82) is 0 Å². The third-order valence-corrected chi connectivity index (χ3v) is 2.63. The van der Waals surface area contributed by atoms with Crippen LogP contribution in [0.2, 0.25) is 0 Å². The molecule has 1 aromatic heterocycles. The standard InChI is InChI=1S/C14H14N2O2/c17-14(10-12-4-2-1-3-5-12)16(18)11-13-6-8-15-9-7-13/h1-9,16H,10-11H2. The third-order valence-electron chi connectivity index (χ3n) is 2.63. The van der Waals surface area contributed by atoms with Gasteiger partial charge in [-0.25, -0.2) is 4.79 Å². The van der Waals surface area contributed by atoms with Crippen molar-refractivity contribution in [3.63, 3.8) is 0 Å². The van der Waals surface area contributed by atoms with Gasteiger partial charge in [0.05, 0.1) is 6.42 Å². The van der Waals surface area contributed by atoms with Crippen molar-refractivity contribution < 1.29 is 9.86 Å². The summed E-state index contributed by atoms with van der Waals surface area (Å²) in [4.78, 5) is 15.6. The molecule has 1 N–H and O–H groups in total. The second-order valence-electron chi connectivity index (χ2n) is 4.04. The molecule has 2 rings (SSSR count). The molecular formula is C14H14N2O2. The Kier molecular flexibility index (Phi) is 4.17. The maximum atomic E-state index is 11.8. The maximum absolute atomic E-state index is 11.8. The molecule has 1 heterocycles. The van der Waals surface area contributed by atoms with E-state index < -0.39 is 0 Å². The molecule has 2 aromatic rings. The van der Waals surface area contributed by atoms with Gasteiger partial charge in [-0.05, 0) is 17.7 Å². The lowest BCUT2D eigenvalue weighted by atomic mass is 10.1. The fourth-order valence-electron chi connectivity index (χ4n) is 1.66. The summed E-state index contributed by atoms with van der Waals surface area (Å²) in [6, 6.07) is 12.8. The molecule has 1 amide bonds. The smallest absolute Gasteiger partial charge is 0.316 e. The van der Waals surface area contributed by atoms with Crippen LogP contribution >= 0.6 is 0 Å². The van der Waals surface area contributed by atoms with Crippen molar-refractivity contribution in [3.8, 4) is 0 Å². The third kappa shape index (κ3) is 3.48. The minimum Gasteiger partial charge on any atom is -0.626 e. The van der Waals surface area contributed by atoms with Crippen molar-refractivity contribution in [2.45, 2.75) is 13.0 Å². The van der Waals surface area contributed by atoms with E-state index >= 15 is 0 Å². The summed E-state index contributed by atoms with van der Waals surface area (Å²) in [6.07, 6.45) is 3.40. The molecule has 4 heteroatoms. The van der Waals surface area contributed by atoms with Gasteiger partial charge in [0.1, 0.15) is 6.54 Å². The van der Waals surface area contributed by atoms with Crippen molar-refractivity contribution in [1.82, 2.24) is 4.98 Å². The molecule has 0 spiro atoms. The van der Waals surface area contributed by atoms with Crippen molar-refractivity contribution in [2.75, 3.05) is 0 Å². The Bertz CT molecular complexity index is 500. The zero-order chi connectivity index (χ0) is 12.8. The highest BCUT2D eigenvalue weighted by atomic mass is 16.5. The number of pyridine rings is 1. The summed E-state index contributed by atoms with van der Waals surface area (Å²) in [5.74, 6) is -0.349. The highest BCUT2D eigenvalue weighted by Crippen LogP contribution is 1.98. The molecule has 92 valence electrons. The number of hydrogen-bond donors (Lipinski definition) is 1. The number of hydrogen-bond acceptors (Lipinski definition) is 3. The van der Waals surface area contributed by atoms with Gasteiger partial charge in [-0.1, -0.05) is 30.3 Å². The number of aromatic nitrogens is 1. The van der Waals surface area contributed by atoms with E-state index in [0.29, 0.717) is 0 Å². The number of rotatable bonds is 4. The molecule has 0 aliphatic carbocycles. The number of nitrogens with zero attached hydrogens (tertiary/aromatic N) is 1. The number of nitrogens with one attached hydrogen (secondary N) is 1. The molecule has 1 atom stereocenters. The summed E-state index contributed by atoms with van der Waals surface area (Å²) in [5, 5.41) is 11.4.